The van der Waals surface area contributed by atoms with Crippen LogP contribution in [0.3, 0.4) is 0 Å². The highest BCUT2D eigenvalue weighted by Gasteiger charge is 2.79. The van der Waals surface area contributed by atoms with E-state index >= 15 is 0 Å². The van der Waals surface area contributed by atoms with Crippen molar-refractivity contribution in [3.63, 3.8) is 0 Å². The molecule has 4 aliphatic heterocycles. The van der Waals surface area contributed by atoms with Crippen LogP contribution in [0.15, 0.2) is 12.2 Å². The van der Waals surface area contributed by atoms with Crippen molar-refractivity contribution in [3.05, 3.63) is 12.2 Å². The van der Waals surface area contributed by atoms with Crippen LogP contribution in [-0.2, 0) is 33.2 Å². The Morgan fingerprint density at radius 2 is 1.22 bits per heavy atom. The van der Waals surface area contributed by atoms with Crippen LogP contribution < -0.4 is 0 Å². The first-order valence-electron chi connectivity index (χ1n) is 24.1. The van der Waals surface area contributed by atoms with E-state index in [0.29, 0.717) is 19.4 Å². The molecule has 0 aromatic carbocycles. The number of hydrogen-bond acceptors (Lipinski definition) is 16. The quantitative estimate of drug-likeness (QED) is 0.130. The van der Waals surface area contributed by atoms with Crippen molar-refractivity contribution < 1.29 is 79.1 Å². The average molecular weight is 911 g/mol. The fraction of sp³-hybridized carbons (Fsp3) is 0.958. The van der Waals surface area contributed by atoms with E-state index in [4.69, 9.17) is 33.2 Å². The standard InChI is InChI=1S/C48H78O16/c1-22-30(51)33(54)36(57)39(59-22)63-38-35(56)32(53)24(20-49)61-41(38)64-37-34(55)31(52)23(2)60-40(37)62-29-12-13-44(7)25(43(29,5)6)10-14-45(8)26(44)11-15-48-27-18-42(3,4)16-17-47(27,21-58-48)28(50)19-46(45,48)9/h11,15,22-41,49-57H,10,12-14,16-21H2,1-9H3/t22-,23+,24+,25-,26+,27+,28+,29-,30-,31-,32+,33+,34-,35-,36+,37+,38+,39-,40-,41-,44-,45+,46-,47+,48-/m0/s1. The molecular weight excluding hydrogens is 833 g/mol. The Balaban J connectivity index is 0.976. The lowest BCUT2D eigenvalue weighted by Gasteiger charge is -2.73. The number of aliphatic hydroxyl groups excluding tert-OH is 9. The lowest BCUT2D eigenvalue weighted by Crippen LogP contribution is -2.72. The summed E-state index contributed by atoms with van der Waals surface area (Å²) in [7, 11) is 0. The van der Waals surface area contributed by atoms with Crippen LogP contribution in [0.1, 0.15) is 114 Å². The highest BCUT2D eigenvalue weighted by molar-refractivity contribution is 5.36. The molecule has 9 aliphatic rings. The molecule has 16 heteroatoms. The summed E-state index contributed by atoms with van der Waals surface area (Å²) in [6.07, 6.45) is -10.9. The highest BCUT2D eigenvalue weighted by Crippen LogP contribution is 2.79. The number of rotatable bonds is 7. The van der Waals surface area contributed by atoms with Crippen LogP contribution in [0, 0.1) is 50.2 Å². The van der Waals surface area contributed by atoms with Crippen molar-refractivity contribution in [3.8, 4) is 0 Å². The first-order valence-corrected chi connectivity index (χ1v) is 24.1. The molecule has 0 aromatic heterocycles. The predicted octanol–water partition coefficient (Wildman–Crippen LogP) is 1.66. The van der Waals surface area contributed by atoms with Gasteiger partial charge in [-0.05, 0) is 98.7 Å². The molecule has 2 bridgehead atoms. The number of hydrogen-bond donors (Lipinski definition) is 9. The summed E-state index contributed by atoms with van der Waals surface area (Å²) in [5.41, 5.74) is -1.49. The van der Waals surface area contributed by atoms with Crippen molar-refractivity contribution in [2.24, 2.45) is 50.2 Å². The molecule has 25 atom stereocenters. The Hall–Kier alpha value is -0.900. The fourth-order valence-electron chi connectivity index (χ4n) is 15.7. The van der Waals surface area contributed by atoms with Gasteiger partial charge in [0.1, 0.15) is 61.0 Å². The zero-order valence-electron chi connectivity index (χ0n) is 39.2. The van der Waals surface area contributed by atoms with E-state index in [0.717, 1.165) is 38.5 Å². The third kappa shape index (κ3) is 6.73. The first-order chi connectivity index (χ1) is 29.8. The predicted molar refractivity (Wildman–Crippen MR) is 227 cm³/mol. The van der Waals surface area contributed by atoms with E-state index in [1.165, 1.54) is 6.92 Å². The van der Waals surface area contributed by atoms with Gasteiger partial charge in [0, 0.05) is 16.7 Å². The molecule has 366 valence electrons. The van der Waals surface area contributed by atoms with Gasteiger partial charge in [0.05, 0.1) is 43.2 Å². The molecule has 5 aliphatic carbocycles. The number of aliphatic hydroxyl groups is 9. The van der Waals surface area contributed by atoms with Gasteiger partial charge in [0.25, 0.3) is 0 Å². The number of allylic oxidation sites excluding steroid dienone is 1. The molecule has 9 N–H and O–H groups in total. The summed E-state index contributed by atoms with van der Waals surface area (Å²) in [5, 5.41) is 98.9. The molecule has 0 radical (unpaired) electrons. The Morgan fingerprint density at radius 1 is 0.609 bits per heavy atom. The van der Waals surface area contributed by atoms with Gasteiger partial charge in [0.2, 0.25) is 0 Å². The lowest BCUT2D eigenvalue weighted by molar-refractivity contribution is -0.396. The summed E-state index contributed by atoms with van der Waals surface area (Å²) in [6, 6.07) is 0. The molecule has 4 saturated carbocycles. The number of fused-ring (bicyclic) bond motifs is 4. The van der Waals surface area contributed by atoms with E-state index in [-0.39, 0.29) is 44.8 Å². The van der Waals surface area contributed by atoms with Gasteiger partial charge >= 0.3 is 0 Å². The zero-order chi connectivity index (χ0) is 46.5. The number of ether oxygens (including phenoxy) is 7. The second-order valence-electron chi connectivity index (χ2n) is 23.9. The Labute approximate surface area is 377 Å². The topological polar surface area (TPSA) is 247 Å². The summed E-state index contributed by atoms with van der Waals surface area (Å²) in [4.78, 5) is 0. The molecule has 8 fully saturated rings. The van der Waals surface area contributed by atoms with Crippen molar-refractivity contribution in [2.75, 3.05) is 13.2 Å². The first kappa shape index (κ1) is 48.1. The minimum atomic E-state index is -1.79. The van der Waals surface area contributed by atoms with Gasteiger partial charge in [0.15, 0.2) is 18.9 Å². The molecule has 64 heavy (non-hydrogen) atoms. The van der Waals surface area contributed by atoms with Gasteiger partial charge in [-0.2, -0.15) is 0 Å². The van der Waals surface area contributed by atoms with E-state index < -0.39 is 122 Å². The third-order valence-corrected chi connectivity index (χ3v) is 19.9. The van der Waals surface area contributed by atoms with Crippen molar-refractivity contribution in [1.29, 1.82) is 0 Å². The maximum atomic E-state index is 12.2. The highest BCUT2D eigenvalue weighted by atomic mass is 16.8. The minimum Gasteiger partial charge on any atom is -0.394 e. The van der Waals surface area contributed by atoms with Gasteiger partial charge in [-0.1, -0.05) is 60.6 Å². The second kappa shape index (κ2) is 16.1. The van der Waals surface area contributed by atoms with E-state index in [2.05, 4.69) is 60.6 Å². The summed E-state index contributed by atoms with van der Waals surface area (Å²) in [6.45, 7) is 19.5. The van der Waals surface area contributed by atoms with Crippen LogP contribution >= 0.6 is 0 Å². The van der Waals surface area contributed by atoms with Crippen molar-refractivity contribution in [2.45, 2.75) is 224 Å². The van der Waals surface area contributed by atoms with Gasteiger partial charge in [-0.3, -0.25) is 0 Å². The summed E-state index contributed by atoms with van der Waals surface area (Å²) in [5.74, 6) is 0.649. The molecule has 4 saturated heterocycles. The SMILES string of the molecule is C[C@@H]1O[C@@H](O[C@H]2[C@H](O[C@H]3[C@H](O[C@H]4CC[C@]5(C)[C@H]6C=C[C@]78OC[C@@]9(CCC(C)(C)C[C@H]97)[C@H](O)C[C@@]8(C)[C@]6(C)CC[C@H]5C4(C)C)O[C@H](C)[C@H](O)[C@@H]3O)O[C@H](CO)[C@@H](O)[C@@H]2O)[C@H](O)[C@H](O)[C@H]1O. The molecule has 9 rings (SSSR count). The molecule has 0 aromatic rings. The average Bonchev–Trinajstić information content (AvgIpc) is 3.51. The Kier molecular flexibility index (Phi) is 12.1. The molecular formula is C48H78O16. The van der Waals surface area contributed by atoms with Crippen LogP contribution in [0.5, 0.6) is 0 Å². The molecule has 16 nitrogen and oxygen atoms in total. The van der Waals surface area contributed by atoms with E-state index in [9.17, 15) is 46.0 Å². The summed E-state index contributed by atoms with van der Waals surface area (Å²) >= 11 is 0. The zero-order valence-corrected chi connectivity index (χ0v) is 39.2. The van der Waals surface area contributed by atoms with E-state index in [1.54, 1.807) is 6.92 Å². The monoisotopic (exact) mass is 911 g/mol. The van der Waals surface area contributed by atoms with Gasteiger partial charge in [-0.25, -0.2) is 0 Å². The largest absolute Gasteiger partial charge is 0.394 e. The van der Waals surface area contributed by atoms with Crippen LogP contribution in [0.2, 0.25) is 0 Å². The maximum absolute atomic E-state index is 12.2. The molecule has 4 heterocycles. The van der Waals surface area contributed by atoms with Crippen molar-refractivity contribution >= 4 is 0 Å². The van der Waals surface area contributed by atoms with Crippen LogP contribution in [0.25, 0.3) is 0 Å². The fourth-order valence-corrected chi connectivity index (χ4v) is 15.7. The van der Waals surface area contributed by atoms with Crippen LogP contribution in [-0.4, -0.2) is 169 Å². The lowest BCUT2D eigenvalue weighted by atomic mass is 9.32. The minimum absolute atomic E-state index is 0.141. The Bertz CT molecular complexity index is 1760. The third-order valence-electron chi connectivity index (χ3n) is 19.9. The Morgan fingerprint density at radius 3 is 1.89 bits per heavy atom. The molecule has 1 spiro atoms. The smallest absolute Gasteiger partial charge is 0.187 e. The summed E-state index contributed by atoms with van der Waals surface area (Å²) < 4.78 is 44.3. The van der Waals surface area contributed by atoms with Gasteiger partial charge < -0.3 is 79.1 Å². The normalized spacial score (nSPS) is 58.7. The van der Waals surface area contributed by atoms with Crippen LogP contribution in [0.4, 0.5) is 0 Å². The van der Waals surface area contributed by atoms with E-state index in [1.807, 2.05) is 0 Å². The van der Waals surface area contributed by atoms with Gasteiger partial charge in [-0.15, -0.1) is 0 Å². The second-order valence-corrected chi connectivity index (χ2v) is 23.9. The maximum Gasteiger partial charge on any atom is 0.187 e. The van der Waals surface area contributed by atoms with Crippen molar-refractivity contribution in [1.82, 2.24) is 0 Å². The molecule has 0 amide bonds. The molecule has 0 unspecified atom stereocenters.